The number of non-ortho nitro benzene ring substituents is 2. The minimum atomic E-state index is -2.16. The van der Waals surface area contributed by atoms with Crippen molar-refractivity contribution < 1.29 is 44.3 Å². The normalized spacial score (nSPS) is 10.5. The van der Waals surface area contributed by atoms with Crippen molar-refractivity contribution in [1.82, 2.24) is 0 Å². The van der Waals surface area contributed by atoms with Crippen LogP contribution < -0.4 is 0 Å². The largest absolute Gasteiger partial charge is 0.299 e. The topological polar surface area (TPSA) is 388 Å². The molecule has 0 aliphatic carbocycles. The fourth-order valence-electron chi connectivity index (χ4n) is 4.10. The Kier molecular flexibility index (Phi) is 7.96. The zero-order chi connectivity index (χ0) is 34.2. The van der Waals surface area contributed by atoms with E-state index in [1.54, 1.807) is 0 Å². The number of nitro groups is 9. The molecule has 3 rings (SSSR count). The number of benzene rings is 3. The van der Waals surface area contributed by atoms with Crippen LogP contribution in [-0.4, -0.2) is 44.3 Å². The van der Waals surface area contributed by atoms with Gasteiger partial charge in [0.2, 0.25) is 0 Å². The summed E-state index contributed by atoms with van der Waals surface area (Å²) in [6.45, 7) is 0. The van der Waals surface area contributed by atoms with Gasteiger partial charge >= 0.3 is 0 Å². The highest BCUT2D eigenvalue weighted by molar-refractivity contribution is 6.04. The van der Waals surface area contributed by atoms with Gasteiger partial charge in [-0.15, -0.1) is 0 Å². The Bertz CT molecular complexity index is 1770. The highest BCUT2D eigenvalue weighted by atomic mass is 16.7. The summed E-state index contributed by atoms with van der Waals surface area (Å²) in [6, 6.07) is -0.302. The van der Waals surface area contributed by atoms with Crippen LogP contribution in [0.3, 0.4) is 0 Å². The van der Waals surface area contributed by atoms with Crippen molar-refractivity contribution >= 4 is 51.2 Å². The van der Waals surface area contributed by atoms with Gasteiger partial charge in [0.25, 0.3) is 51.2 Å². The summed E-state index contributed by atoms with van der Waals surface area (Å²) in [4.78, 5) is 92.3. The van der Waals surface area contributed by atoms with Gasteiger partial charge in [-0.1, -0.05) is 0 Å². The Morgan fingerprint density at radius 3 is 0.689 bits per heavy atom. The van der Waals surface area contributed by atoms with Crippen LogP contribution in [0.2, 0.25) is 0 Å². The van der Waals surface area contributed by atoms with Crippen LogP contribution in [0.1, 0.15) is 0 Å². The Hall–Kier alpha value is -7.74. The molecule has 3 aromatic rings. The summed E-state index contributed by atoms with van der Waals surface area (Å²) in [5.74, 6) is 0. The maximum Gasteiger partial charge on any atom is 0.299 e. The van der Waals surface area contributed by atoms with Gasteiger partial charge in [0.1, 0.15) is 0 Å². The van der Waals surface area contributed by atoms with Crippen molar-refractivity contribution in [3.63, 3.8) is 0 Å². The molecule has 0 atom stereocenters. The van der Waals surface area contributed by atoms with E-state index in [4.69, 9.17) is 0 Å². The second-order valence-electron chi connectivity index (χ2n) is 8.05. The average molecular weight is 635 g/mol. The van der Waals surface area contributed by atoms with Gasteiger partial charge in [-0.05, 0) is 0 Å². The maximum atomic E-state index is 12.5. The number of rotatable bonds is 11. The van der Waals surface area contributed by atoms with Gasteiger partial charge in [-0.25, -0.2) is 0 Å². The van der Waals surface area contributed by atoms with Crippen molar-refractivity contribution in [3.05, 3.63) is 121 Å². The first-order chi connectivity index (χ1) is 20.8. The zero-order valence-corrected chi connectivity index (χ0v) is 20.8. The smallest absolute Gasteiger partial charge is 0.258 e. The van der Waals surface area contributed by atoms with Gasteiger partial charge in [0, 0.05) is 0 Å². The molecule has 27 nitrogen and oxygen atoms in total. The predicted octanol–water partition coefficient (Wildman–Crippen LogP) is 4.19. The van der Waals surface area contributed by atoms with Crippen molar-refractivity contribution in [2.45, 2.75) is 0 Å². The first-order valence-corrected chi connectivity index (χ1v) is 10.7. The van der Waals surface area contributed by atoms with Gasteiger partial charge in [0.05, 0.1) is 74.6 Å². The van der Waals surface area contributed by atoms with E-state index in [0.717, 1.165) is 0 Å². The summed E-state index contributed by atoms with van der Waals surface area (Å²) in [5.41, 5.74) is -23.0. The SMILES string of the molecule is O=[N+]([O-])c1cc([N+](=O)[O-])c(-c2c([N+](=O)[O-])cc([N+](=O)[O-])c(-c3c([N+](=O)[O-])cc([N+](=O)[O-])cc3[N+](=O)[O-])c2[N+](=O)[O-])c([N+](=O)[O-])c1. The summed E-state index contributed by atoms with van der Waals surface area (Å²) in [6.07, 6.45) is 0. The zero-order valence-electron chi connectivity index (χ0n) is 20.8. The van der Waals surface area contributed by atoms with E-state index in [9.17, 15) is 91.0 Å². The molecule has 45 heavy (non-hydrogen) atoms. The second-order valence-corrected chi connectivity index (χ2v) is 8.05. The Labute approximate surface area is 239 Å². The van der Waals surface area contributed by atoms with Crippen molar-refractivity contribution in [2.24, 2.45) is 0 Å². The minimum Gasteiger partial charge on any atom is -0.258 e. The minimum absolute atomic E-state index is 0.0202. The molecule has 0 N–H and O–H groups in total. The van der Waals surface area contributed by atoms with E-state index in [-0.39, 0.29) is 30.3 Å². The summed E-state index contributed by atoms with van der Waals surface area (Å²) in [5, 5.41) is 107. The lowest BCUT2D eigenvalue weighted by atomic mass is 9.89. The highest BCUT2D eigenvalue weighted by Crippen LogP contribution is 2.57. The quantitative estimate of drug-likeness (QED) is 0.210. The molecule has 0 saturated carbocycles. The fourth-order valence-corrected chi connectivity index (χ4v) is 4.10. The number of hydrogen-bond donors (Lipinski definition) is 0. The molecule has 0 aliphatic rings. The molecule has 0 heterocycles. The van der Waals surface area contributed by atoms with E-state index < -0.39 is 118 Å². The average Bonchev–Trinajstić information content (AvgIpc) is 2.93. The maximum absolute atomic E-state index is 12.5. The van der Waals surface area contributed by atoms with Crippen LogP contribution in [0.15, 0.2) is 30.3 Å². The lowest BCUT2D eigenvalue weighted by molar-refractivity contribution is -0.406. The molecule has 0 amide bonds. The molecule has 0 bridgehead atoms. The fraction of sp³-hybridized carbons (Fsp3) is 0. The molecular weight excluding hydrogens is 630 g/mol. The summed E-state index contributed by atoms with van der Waals surface area (Å²) < 4.78 is 0. The van der Waals surface area contributed by atoms with E-state index in [1.165, 1.54) is 0 Å². The predicted molar refractivity (Wildman–Crippen MR) is 137 cm³/mol. The molecular formula is C18H5N9O18. The van der Waals surface area contributed by atoms with Crippen molar-refractivity contribution in [2.75, 3.05) is 0 Å². The van der Waals surface area contributed by atoms with Crippen LogP contribution in [0.25, 0.3) is 22.3 Å². The Balaban J connectivity index is 2.92. The summed E-state index contributed by atoms with van der Waals surface area (Å²) >= 11 is 0. The Morgan fingerprint density at radius 2 is 0.511 bits per heavy atom. The molecule has 0 aliphatic heterocycles. The number of hydrogen-bond acceptors (Lipinski definition) is 18. The molecule has 0 spiro atoms. The van der Waals surface area contributed by atoms with E-state index in [2.05, 4.69) is 0 Å². The lowest BCUT2D eigenvalue weighted by Crippen LogP contribution is -2.09. The molecule has 230 valence electrons. The Morgan fingerprint density at radius 1 is 0.289 bits per heavy atom. The third kappa shape index (κ3) is 5.46. The monoisotopic (exact) mass is 635 g/mol. The third-order valence-corrected chi connectivity index (χ3v) is 5.71. The third-order valence-electron chi connectivity index (χ3n) is 5.71. The van der Waals surface area contributed by atoms with Crippen molar-refractivity contribution in [1.29, 1.82) is 0 Å². The second kappa shape index (κ2) is 11.3. The molecule has 0 unspecified atom stereocenters. The summed E-state index contributed by atoms with van der Waals surface area (Å²) in [7, 11) is 0. The molecule has 3 aromatic carbocycles. The van der Waals surface area contributed by atoms with Crippen LogP contribution in [0, 0.1) is 91.0 Å². The molecule has 0 saturated heterocycles. The van der Waals surface area contributed by atoms with Gasteiger partial charge < -0.3 is 0 Å². The van der Waals surface area contributed by atoms with Gasteiger partial charge in [0.15, 0.2) is 22.3 Å². The van der Waals surface area contributed by atoms with Gasteiger partial charge in [-0.2, -0.15) is 0 Å². The van der Waals surface area contributed by atoms with Crippen LogP contribution in [0.5, 0.6) is 0 Å². The first kappa shape index (κ1) is 31.8. The van der Waals surface area contributed by atoms with E-state index in [0.29, 0.717) is 0 Å². The first-order valence-electron chi connectivity index (χ1n) is 10.7. The highest BCUT2D eigenvalue weighted by Gasteiger charge is 2.48. The van der Waals surface area contributed by atoms with Gasteiger partial charge in [-0.3, -0.25) is 91.0 Å². The van der Waals surface area contributed by atoms with Crippen LogP contribution in [0.4, 0.5) is 51.2 Å². The lowest BCUT2D eigenvalue weighted by Gasteiger charge is -2.11. The van der Waals surface area contributed by atoms with E-state index >= 15 is 0 Å². The number of nitro benzene ring substituents is 9. The molecule has 0 aromatic heterocycles. The van der Waals surface area contributed by atoms with E-state index in [1.807, 2.05) is 0 Å². The molecule has 27 heteroatoms. The van der Waals surface area contributed by atoms with Crippen molar-refractivity contribution in [3.8, 4) is 22.3 Å². The van der Waals surface area contributed by atoms with Crippen LogP contribution >= 0.6 is 0 Å². The molecule has 0 fully saturated rings. The van der Waals surface area contributed by atoms with Crippen LogP contribution in [-0.2, 0) is 0 Å². The molecule has 0 radical (unpaired) electrons. The number of nitrogens with zero attached hydrogens (tertiary/aromatic N) is 9. The standard InChI is InChI=1S/C18H5N9O18/c28-19(29)6-1-8(21(32)33)14(9(2-6)22(34)35)16-12(25(40)41)5-13(26(42)43)17(18(16)27(44)45)15-10(23(36)37)3-7(20(30)31)4-11(15)24(38)39/h1-5H.